The quantitative estimate of drug-likeness (QED) is 0.626. The molecule has 112 valence electrons. The van der Waals surface area contributed by atoms with Crippen LogP contribution in [-0.2, 0) is 9.59 Å². The molecule has 2 heterocycles. The van der Waals surface area contributed by atoms with Gasteiger partial charge in [-0.3, -0.25) is 9.59 Å². The van der Waals surface area contributed by atoms with Gasteiger partial charge in [-0.05, 0) is 12.1 Å². The number of hydrogen-bond acceptors (Lipinski definition) is 2. The summed E-state index contributed by atoms with van der Waals surface area (Å²) >= 11 is 0. The number of para-hydroxylation sites is 1. The van der Waals surface area contributed by atoms with Crippen LogP contribution in [0.15, 0.2) is 30.3 Å². The van der Waals surface area contributed by atoms with E-state index in [4.69, 9.17) is 0 Å². The lowest BCUT2D eigenvalue weighted by atomic mass is 10.2. The lowest BCUT2D eigenvalue weighted by Crippen LogP contribution is -3.19. The summed E-state index contributed by atoms with van der Waals surface area (Å²) in [4.78, 5) is 29.1. The smallest absolute Gasteiger partial charge is 0.292 e. The molecule has 21 heavy (non-hydrogen) atoms. The van der Waals surface area contributed by atoms with E-state index in [0.29, 0.717) is 12.1 Å². The number of rotatable bonds is 2. The van der Waals surface area contributed by atoms with Gasteiger partial charge in [-0.2, -0.15) is 0 Å². The molecule has 1 aromatic rings. The predicted molar refractivity (Wildman–Crippen MR) is 79.3 cm³/mol. The number of nitrogens with one attached hydrogen (secondary N) is 2. The molecular weight excluding hydrogens is 266 g/mol. The van der Waals surface area contributed by atoms with E-state index in [1.54, 1.807) is 0 Å². The van der Waals surface area contributed by atoms with Crippen LogP contribution < -0.4 is 14.7 Å². The van der Waals surface area contributed by atoms with Crippen molar-refractivity contribution in [1.82, 2.24) is 0 Å². The van der Waals surface area contributed by atoms with Crippen molar-refractivity contribution >= 4 is 17.5 Å². The number of carbonyl (C=O) groups excluding carboxylic acids is 2. The van der Waals surface area contributed by atoms with Gasteiger partial charge < -0.3 is 9.80 Å². The van der Waals surface area contributed by atoms with Crippen LogP contribution >= 0.6 is 0 Å². The Bertz CT molecular complexity index is 532. The second-order valence-corrected chi connectivity index (χ2v) is 6.13. The van der Waals surface area contributed by atoms with Gasteiger partial charge in [0, 0.05) is 6.42 Å². The molecule has 5 heteroatoms. The number of benzene rings is 1. The zero-order valence-electron chi connectivity index (χ0n) is 12.5. The van der Waals surface area contributed by atoms with Gasteiger partial charge in [-0.25, -0.2) is 4.90 Å². The fourth-order valence-corrected chi connectivity index (χ4v) is 3.39. The summed E-state index contributed by atoms with van der Waals surface area (Å²) in [6.45, 7) is 4.18. The number of quaternary nitrogens is 2. The maximum absolute atomic E-state index is 12.7. The Kier molecular flexibility index (Phi) is 4.03. The highest BCUT2D eigenvalue weighted by Crippen LogP contribution is 2.21. The van der Waals surface area contributed by atoms with Crippen molar-refractivity contribution in [2.24, 2.45) is 0 Å². The molecule has 0 saturated carbocycles. The number of anilines is 1. The summed E-state index contributed by atoms with van der Waals surface area (Å²) in [5.74, 6) is -0.0885. The molecule has 0 aromatic heterocycles. The van der Waals surface area contributed by atoms with Gasteiger partial charge in [-0.15, -0.1) is 0 Å². The first kappa shape index (κ1) is 14.2. The first-order valence-corrected chi connectivity index (χ1v) is 7.74. The minimum Gasteiger partial charge on any atom is -0.333 e. The van der Waals surface area contributed by atoms with Crippen LogP contribution in [0.4, 0.5) is 5.69 Å². The van der Waals surface area contributed by atoms with Crippen molar-refractivity contribution in [3.05, 3.63) is 30.3 Å². The second kappa shape index (κ2) is 5.95. The predicted octanol–water partition coefficient (Wildman–Crippen LogP) is -1.88. The lowest BCUT2D eigenvalue weighted by molar-refractivity contribution is -0.939. The standard InChI is InChI=1S/C16H21N3O2/c1-17-8-5-9-18(11-10-17)14-12-15(20)19(16(14)21)13-6-3-2-4-7-13/h2-4,6-7,14H,5,8-12H2,1H3/p+2/t14-/m1/s1. The number of amides is 2. The topological polar surface area (TPSA) is 46.3 Å². The molecule has 0 aliphatic carbocycles. The maximum atomic E-state index is 12.7. The molecule has 0 radical (unpaired) electrons. The fraction of sp³-hybridized carbons (Fsp3) is 0.500. The van der Waals surface area contributed by atoms with Crippen LogP contribution in [-0.4, -0.2) is 51.1 Å². The van der Waals surface area contributed by atoms with Crippen molar-refractivity contribution in [3.63, 3.8) is 0 Å². The molecule has 3 atom stereocenters. The van der Waals surface area contributed by atoms with Crippen molar-refractivity contribution in [1.29, 1.82) is 0 Å². The Hall–Kier alpha value is -1.72. The molecule has 5 nitrogen and oxygen atoms in total. The van der Waals surface area contributed by atoms with Crippen molar-refractivity contribution in [2.75, 3.05) is 38.1 Å². The van der Waals surface area contributed by atoms with Gasteiger partial charge >= 0.3 is 0 Å². The molecule has 2 saturated heterocycles. The zero-order valence-corrected chi connectivity index (χ0v) is 12.5. The van der Waals surface area contributed by atoms with Crippen LogP contribution in [0.3, 0.4) is 0 Å². The van der Waals surface area contributed by atoms with Crippen molar-refractivity contribution in [2.45, 2.75) is 18.9 Å². The van der Waals surface area contributed by atoms with E-state index in [-0.39, 0.29) is 17.9 Å². The van der Waals surface area contributed by atoms with E-state index in [1.807, 2.05) is 30.3 Å². The minimum atomic E-state index is -0.191. The van der Waals surface area contributed by atoms with Crippen LogP contribution in [0.5, 0.6) is 0 Å². The molecule has 2 aliphatic heterocycles. The molecule has 1 aromatic carbocycles. The van der Waals surface area contributed by atoms with Gasteiger partial charge in [-0.1, -0.05) is 18.2 Å². The third kappa shape index (κ3) is 2.84. The number of hydrogen-bond donors (Lipinski definition) is 2. The van der Waals surface area contributed by atoms with Gasteiger partial charge in [0.15, 0.2) is 6.04 Å². The molecular formula is C16H23N3O2+2. The van der Waals surface area contributed by atoms with E-state index < -0.39 is 0 Å². The minimum absolute atomic E-state index is 0.0271. The molecule has 2 N–H and O–H groups in total. The van der Waals surface area contributed by atoms with E-state index >= 15 is 0 Å². The van der Waals surface area contributed by atoms with E-state index in [0.717, 1.165) is 32.6 Å². The van der Waals surface area contributed by atoms with Gasteiger partial charge in [0.25, 0.3) is 5.91 Å². The Morgan fingerprint density at radius 2 is 1.81 bits per heavy atom. The first-order valence-electron chi connectivity index (χ1n) is 7.74. The highest BCUT2D eigenvalue weighted by atomic mass is 16.2. The largest absolute Gasteiger partial charge is 0.333 e. The summed E-state index contributed by atoms with van der Waals surface area (Å²) in [5.41, 5.74) is 0.701. The number of carbonyl (C=O) groups is 2. The van der Waals surface area contributed by atoms with Crippen LogP contribution in [0, 0.1) is 0 Å². The summed E-state index contributed by atoms with van der Waals surface area (Å²) in [6.07, 6.45) is 1.46. The molecule has 0 spiro atoms. The summed E-state index contributed by atoms with van der Waals surface area (Å²) in [5, 5.41) is 0. The maximum Gasteiger partial charge on any atom is 0.292 e. The van der Waals surface area contributed by atoms with Crippen molar-refractivity contribution < 1.29 is 19.4 Å². The van der Waals surface area contributed by atoms with Crippen molar-refractivity contribution in [3.8, 4) is 0 Å². The Morgan fingerprint density at radius 3 is 2.57 bits per heavy atom. The first-order chi connectivity index (χ1) is 10.2. The Morgan fingerprint density at radius 1 is 1.05 bits per heavy atom. The zero-order chi connectivity index (χ0) is 14.8. The van der Waals surface area contributed by atoms with E-state index in [2.05, 4.69) is 7.05 Å². The van der Waals surface area contributed by atoms with Gasteiger partial charge in [0.2, 0.25) is 5.91 Å². The van der Waals surface area contributed by atoms with Gasteiger partial charge in [0.1, 0.15) is 13.1 Å². The highest BCUT2D eigenvalue weighted by molar-refractivity contribution is 6.21. The monoisotopic (exact) mass is 289 g/mol. The van der Waals surface area contributed by atoms with Crippen LogP contribution in [0.2, 0.25) is 0 Å². The molecule has 2 fully saturated rings. The molecule has 2 aliphatic rings. The number of likely N-dealkylation sites (N-methyl/N-ethyl adjacent to an activating group) is 1. The SMILES string of the molecule is C[NH+]1CCC[NH+]([C@@H]2CC(=O)N(c3ccccc3)C2=O)CC1. The summed E-state index contributed by atoms with van der Waals surface area (Å²) < 4.78 is 0. The summed E-state index contributed by atoms with van der Waals surface area (Å²) in [6, 6.07) is 9.08. The summed E-state index contributed by atoms with van der Waals surface area (Å²) in [7, 11) is 2.20. The average molecular weight is 289 g/mol. The fourth-order valence-electron chi connectivity index (χ4n) is 3.39. The molecule has 0 bridgehead atoms. The van der Waals surface area contributed by atoms with E-state index in [1.165, 1.54) is 14.7 Å². The average Bonchev–Trinajstić information content (AvgIpc) is 2.64. The lowest BCUT2D eigenvalue weighted by Gasteiger charge is -2.22. The molecule has 3 rings (SSSR count). The number of imide groups is 1. The third-order valence-electron chi connectivity index (χ3n) is 4.63. The number of nitrogens with zero attached hydrogens (tertiary/aromatic N) is 1. The normalized spacial score (nSPS) is 30.5. The highest BCUT2D eigenvalue weighted by Gasteiger charge is 2.46. The van der Waals surface area contributed by atoms with Crippen LogP contribution in [0.1, 0.15) is 12.8 Å². The van der Waals surface area contributed by atoms with E-state index in [9.17, 15) is 9.59 Å². The second-order valence-electron chi connectivity index (χ2n) is 6.13. The third-order valence-corrected chi connectivity index (χ3v) is 4.63. The molecule has 2 unspecified atom stereocenters. The Balaban J connectivity index is 1.77. The molecule has 2 amide bonds. The Labute approximate surface area is 125 Å². The van der Waals surface area contributed by atoms with Gasteiger partial charge in [0.05, 0.1) is 32.2 Å². The van der Waals surface area contributed by atoms with Crippen LogP contribution in [0.25, 0.3) is 0 Å².